The number of thioether (sulfide) groups is 1. The van der Waals surface area contributed by atoms with E-state index in [1.54, 1.807) is 24.0 Å². The molecule has 0 fully saturated rings. The van der Waals surface area contributed by atoms with Gasteiger partial charge in [0.25, 0.3) is 5.91 Å². The number of aryl methyl sites for hydroxylation is 1. The molecule has 2 aromatic rings. The molecule has 1 aliphatic rings. The standard InChI is InChI=1S/C20H24N4O2S/c1-20(9-11-27-19(21)24-20)15-5-2-6-16(12-15)23-18(26)17-8-7-14(13-22-17)4-3-10-25/h2,5-8,12-13,25H,3-4,9-11H2,1H3,(H2,21,24)(H,23,26). The van der Waals surface area contributed by atoms with Gasteiger partial charge in [0.1, 0.15) is 5.69 Å². The summed E-state index contributed by atoms with van der Waals surface area (Å²) in [5.74, 6) is 0.669. The van der Waals surface area contributed by atoms with E-state index in [9.17, 15) is 4.79 Å². The summed E-state index contributed by atoms with van der Waals surface area (Å²) in [7, 11) is 0. The Morgan fingerprint density at radius 1 is 1.37 bits per heavy atom. The third-order valence-electron chi connectivity index (χ3n) is 4.62. The molecule has 2 heterocycles. The number of anilines is 1. The van der Waals surface area contributed by atoms with Crippen molar-refractivity contribution in [1.29, 1.82) is 0 Å². The number of aliphatic hydroxyl groups excluding tert-OH is 1. The first-order chi connectivity index (χ1) is 13.0. The highest BCUT2D eigenvalue weighted by Gasteiger charge is 2.29. The Balaban J connectivity index is 1.72. The van der Waals surface area contributed by atoms with Crippen molar-refractivity contribution in [3.8, 4) is 0 Å². The second-order valence-electron chi connectivity index (χ2n) is 6.74. The topological polar surface area (TPSA) is 101 Å². The van der Waals surface area contributed by atoms with E-state index in [0.29, 0.717) is 23.0 Å². The summed E-state index contributed by atoms with van der Waals surface area (Å²) < 4.78 is 0. The molecule has 4 N–H and O–H groups in total. The van der Waals surface area contributed by atoms with Crippen LogP contribution in [0, 0.1) is 0 Å². The van der Waals surface area contributed by atoms with Crippen LogP contribution in [-0.2, 0) is 12.0 Å². The number of benzene rings is 1. The first kappa shape index (κ1) is 19.4. The second-order valence-corrected chi connectivity index (χ2v) is 7.85. The quantitative estimate of drug-likeness (QED) is 0.711. The average molecular weight is 385 g/mol. The maximum atomic E-state index is 12.5. The van der Waals surface area contributed by atoms with Gasteiger partial charge in [-0.1, -0.05) is 30.0 Å². The van der Waals surface area contributed by atoms with Gasteiger partial charge in [-0.05, 0) is 55.5 Å². The van der Waals surface area contributed by atoms with E-state index < -0.39 is 0 Å². The number of aromatic nitrogens is 1. The zero-order valence-corrected chi connectivity index (χ0v) is 16.1. The van der Waals surface area contributed by atoms with E-state index >= 15 is 0 Å². The summed E-state index contributed by atoms with van der Waals surface area (Å²) in [6, 6.07) is 11.3. The third-order valence-corrected chi connectivity index (χ3v) is 5.41. The Morgan fingerprint density at radius 3 is 2.93 bits per heavy atom. The number of carbonyl (C=O) groups is 1. The minimum Gasteiger partial charge on any atom is -0.396 e. The smallest absolute Gasteiger partial charge is 0.274 e. The Bertz CT molecular complexity index is 838. The van der Waals surface area contributed by atoms with Crippen molar-refractivity contribution in [1.82, 2.24) is 4.98 Å². The van der Waals surface area contributed by atoms with Crippen LogP contribution in [0.3, 0.4) is 0 Å². The van der Waals surface area contributed by atoms with E-state index in [2.05, 4.69) is 22.2 Å². The van der Waals surface area contributed by atoms with Gasteiger partial charge in [-0.3, -0.25) is 14.8 Å². The lowest BCUT2D eigenvalue weighted by molar-refractivity contribution is 0.102. The van der Waals surface area contributed by atoms with E-state index in [1.807, 2.05) is 30.3 Å². The van der Waals surface area contributed by atoms with Crippen molar-refractivity contribution in [3.05, 3.63) is 59.4 Å². The zero-order chi connectivity index (χ0) is 19.3. The van der Waals surface area contributed by atoms with E-state index in [1.165, 1.54) is 0 Å². The number of hydrogen-bond acceptors (Lipinski definition) is 6. The SMILES string of the molecule is CC1(c2cccc(NC(=O)c3ccc(CCCO)cn3)c2)CCSC(N)=N1. The van der Waals surface area contributed by atoms with Crippen LogP contribution >= 0.6 is 11.8 Å². The fourth-order valence-electron chi connectivity index (χ4n) is 3.01. The Morgan fingerprint density at radius 2 is 2.22 bits per heavy atom. The number of aliphatic imine (C=N–C) groups is 1. The number of aliphatic hydroxyl groups is 1. The summed E-state index contributed by atoms with van der Waals surface area (Å²) in [4.78, 5) is 21.3. The fraction of sp³-hybridized carbons (Fsp3) is 0.350. The molecule has 0 saturated carbocycles. The summed E-state index contributed by atoms with van der Waals surface area (Å²) in [5.41, 5.74) is 8.62. The molecular formula is C20H24N4O2S. The minimum atomic E-state index is -0.372. The van der Waals surface area contributed by atoms with Crippen molar-refractivity contribution in [2.45, 2.75) is 31.7 Å². The highest BCUT2D eigenvalue weighted by Crippen LogP contribution is 2.35. The molecule has 7 heteroatoms. The highest BCUT2D eigenvalue weighted by molar-refractivity contribution is 8.13. The van der Waals surface area contributed by atoms with Gasteiger partial charge in [-0.25, -0.2) is 0 Å². The summed E-state index contributed by atoms with van der Waals surface area (Å²) >= 11 is 1.57. The Labute approximate surface area is 163 Å². The van der Waals surface area contributed by atoms with Gasteiger partial charge in [0.15, 0.2) is 5.17 Å². The number of pyridine rings is 1. The van der Waals surface area contributed by atoms with Gasteiger partial charge in [0.05, 0.1) is 5.54 Å². The monoisotopic (exact) mass is 384 g/mol. The van der Waals surface area contributed by atoms with Crippen molar-refractivity contribution in [2.75, 3.05) is 17.7 Å². The number of rotatable bonds is 6. The van der Waals surface area contributed by atoms with E-state index in [4.69, 9.17) is 10.8 Å². The molecule has 1 aliphatic heterocycles. The molecular weight excluding hydrogens is 360 g/mol. The maximum absolute atomic E-state index is 12.5. The van der Waals surface area contributed by atoms with Gasteiger partial charge in [-0.2, -0.15) is 0 Å². The number of nitrogens with zero attached hydrogens (tertiary/aromatic N) is 2. The van der Waals surface area contributed by atoms with E-state index in [-0.39, 0.29) is 18.1 Å². The second kappa shape index (κ2) is 8.54. The first-order valence-corrected chi connectivity index (χ1v) is 9.94. The summed E-state index contributed by atoms with van der Waals surface area (Å²) in [5, 5.41) is 12.4. The molecule has 0 saturated heterocycles. The molecule has 1 atom stereocenters. The number of nitrogens with two attached hydrogens (primary N) is 1. The molecule has 0 radical (unpaired) electrons. The van der Waals surface area contributed by atoms with Crippen LogP contribution in [0.15, 0.2) is 47.6 Å². The molecule has 0 bridgehead atoms. The highest BCUT2D eigenvalue weighted by atomic mass is 32.2. The normalized spacial score (nSPS) is 19.4. The number of amidine groups is 1. The predicted molar refractivity (Wildman–Crippen MR) is 110 cm³/mol. The number of amides is 1. The van der Waals surface area contributed by atoms with Crippen LogP contribution in [0.25, 0.3) is 0 Å². The van der Waals surface area contributed by atoms with Crippen LogP contribution < -0.4 is 11.1 Å². The maximum Gasteiger partial charge on any atom is 0.274 e. The van der Waals surface area contributed by atoms with Crippen LogP contribution in [0.4, 0.5) is 5.69 Å². The van der Waals surface area contributed by atoms with Crippen molar-refractivity contribution in [2.24, 2.45) is 10.7 Å². The summed E-state index contributed by atoms with van der Waals surface area (Å²) in [6.07, 6.45) is 4.00. The molecule has 1 unspecified atom stereocenters. The number of carbonyl (C=O) groups excluding carboxylic acids is 1. The number of hydrogen-bond donors (Lipinski definition) is 3. The van der Waals surface area contributed by atoms with Crippen molar-refractivity contribution >= 4 is 28.5 Å². The molecule has 3 rings (SSSR count). The van der Waals surface area contributed by atoms with Crippen LogP contribution in [-0.4, -0.2) is 33.5 Å². The number of nitrogens with one attached hydrogen (secondary N) is 1. The molecule has 1 aromatic heterocycles. The predicted octanol–water partition coefficient (Wildman–Crippen LogP) is 2.93. The van der Waals surface area contributed by atoms with Gasteiger partial charge in [-0.15, -0.1) is 0 Å². The zero-order valence-electron chi connectivity index (χ0n) is 15.3. The lowest BCUT2D eigenvalue weighted by Gasteiger charge is -2.30. The average Bonchev–Trinajstić information content (AvgIpc) is 2.67. The molecule has 1 amide bonds. The van der Waals surface area contributed by atoms with E-state index in [0.717, 1.165) is 29.7 Å². The van der Waals surface area contributed by atoms with Crippen LogP contribution in [0.1, 0.15) is 41.4 Å². The molecule has 0 aliphatic carbocycles. The molecule has 0 spiro atoms. The first-order valence-electron chi connectivity index (χ1n) is 8.96. The molecule has 6 nitrogen and oxygen atoms in total. The summed E-state index contributed by atoms with van der Waals surface area (Å²) in [6.45, 7) is 2.21. The lowest BCUT2D eigenvalue weighted by atomic mass is 9.89. The van der Waals surface area contributed by atoms with Crippen LogP contribution in [0.2, 0.25) is 0 Å². The van der Waals surface area contributed by atoms with Gasteiger partial charge < -0.3 is 16.2 Å². The minimum absolute atomic E-state index is 0.145. The van der Waals surface area contributed by atoms with Crippen molar-refractivity contribution in [3.63, 3.8) is 0 Å². The largest absolute Gasteiger partial charge is 0.396 e. The van der Waals surface area contributed by atoms with Crippen molar-refractivity contribution < 1.29 is 9.90 Å². The molecule has 142 valence electrons. The lowest BCUT2D eigenvalue weighted by Crippen LogP contribution is -2.28. The van der Waals surface area contributed by atoms with Gasteiger partial charge in [0.2, 0.25) is 0 Å². The molecule has 27 heavy (non-hydrogen) atoms. The van der Waals surface area contributed by atoms with Crippen LogP contribution in [0.5, 0.6) is 0 Å². The van der Waals surface area contributed by atoms with Gasteiger partial charge in [0, 0.05) is 24.2 Å². The van der Waals surface area contributed by atoms with Gasteiger partial charge >= 0.3 is 0 Å². The molecule has 1 aromatic carbocycles. The fourth-order valence-corrected chi connectivity index (χ4v) is 3.99. The Hall–Kier alpha value is -2.38. The Kier molecular flexibility index (Phi) is 6.13. The third kappa shape index (κ3) is 4.87.